The fraction of sp³-hybridized carbons (Fsp3) is 0.769. The van der Waals surface area contributed by atoms with Crippen LogP contribution in [0.1, 0.15) is 30.7 Å². The monoisotopic (exact) mass is 334 g/mol. The number of aromatic nitrogens is 2. The maximum atomic E-state index is 12.4. The molecule has 0 unspecified atom stereocenters. The van der Waals surface area contributed by atoms with Crippen molar-refractivity contribution in [3.63, 3.8) is 0 Å². The topological polar surface area (TPSA) is 90.0 Å². The Morgan fingerprint density at radius 1 is 1.29 bits per heavy atom. The highest BCUT2D eigenvalue weighted by molar-refractivity contribution is 7.98. The molecule has 1 aromatic rings. The van der Waals surface area contributed by atoms with Crippen LogP contribution in [0.4, 0.5) is 0 Å². The van der Waals surface area contributed by atoms with E-state index in [1.165, 1.54) is 0 Å². The number of hydrogen-bond donors (Lipinski definition) is 2. The quantitative estimate of drug-likeness (QED) is 0.629. The van der Waals surface area contributed by atoms with Gasteiger partial charge in [0.15, 0.2) is 0 Å². The van der Waals surface area contributed by atoms with Gasteiger partial charge in [0, 0.05) is 13.1 Å². The summed E-state index contributed by atoms with van der Waals surface area (Å²) in [6.45, 7) is 4.91. The number of aryl methyl sites for hydroxylation is 1. The Hall–Kier alpha value is -0.570. The first-order valence-electron chi connectivity index (χ1n) is 7.16. The smallest absolute Gasteiger partial charge is 0.244 e. The maximum Gasteiger partial charge on any atom is 0.244 e. The van der Waals surface area contributed by atoms with Crippen molar-refractivity contribution >= 4 is 21.8 Å². The van der Waals surface area contributed by atoms with Crippen molar-refractivity contribution in [2.75, 3.05) is 25.1 Å². The molecule has 0 amide bonds. The Labute approximate surface area is 131 Å². The molecule has 0 aliphatic carbocycles. The summed E-state index contributed by atoms with van der Waals surface area (Å²) in [5.74, 6) is 1.12. The number of rotatable bonds is 10. The molecule has 3 N–H and O–H groups in total. The number of sulfonamides is 1. The summed E-state index contributed by atoms with van der Waals surface area (Å²) in [6.07, 6.45) is 5.09. The van der Waals surface area contributed by atoms with E-state index < -0.39 is 10.0 Å². The van der Waals surface area contributed by atoms with E-state index in [1.54, 1.807) is 18.5 Å². The summed E-state index contributed by atoms with van der Waals surface area (Å²) in [7, 11) is -3.49. The van der Waals surface area contributed by atoms with E-state index in [-0.39, 0.29) is 0 Å². The van der Waals surface area contributed by atoms with Crippen molar-refractivity contribution in [3.05, 3.63) is 11.4 Å². The Bertz CT molecular complexity index is 541. The van der Waals surface area contributed by atoms with E-state index in [9.17, 15) is 8.42 Å². The minimum atomic E-state index is -3.49. The second-order valence-electron chi connectivity index (χ2n) is 4.96. The minimum absolute atomic E-state index is 0.292. The first kappa shape index (κ1) is 18.5. The summed E-state index contributed by atoms with van der Waals surface area (Å²) in [4.78, 5) is 0.292. The molecule has 0 saturated carbocycles. The first-order valence-corrected chi connectivity index (χ1v) is 10.0. The van der Waals surface area contributed by atoms with Crippen molar-refractivity contribution in [1.29, 1.82) is 0 Å². The van der Waals surface area contributed by atoms with E-state index in [0.29, 0.717) is 35.9 Å². The Balaban J connectivity index is 2.66. The maximum absolute atomic E-state index is 12.4. The molecule has 1 aromatic heterocycles. The fourth-order valence-corrected chi connectivity index (χ4v) is 4.21. The summed E-state index contributed by atoms with van der Waals surface area (Å²) in [5, 5.41) is 4.25. The van der Waals surface area contributed by atoms with Gasteiger partial charge in [-0.1, -0.05) is 6.42 Å². The summed E-state index contributed by atoms with van der Waals surface area (Å²) in [5.41, 5.74) is 6.68. The van der Waals surface area contributed by atoms with Crippen LogP contribution >= 0.6 is 11.8 Å². The third kappa shape index (κ3) is 5.28. The van der Waals surface area contributed by atoms with E-state index in [1.807, 2.05) is 11.8 Å². The molecule has 0 atom stereocenters. The molecule has 0 bridgehead atoms. The van der Waals surface area contributed by atoms with Crippen LogP contribution in [0.3, 0.4) is 0 Å². The summed E-state index contributed by atoms with van der Waals surface area (Å²) < 4.78 is 29.1. The van der Waals surface area contributed by atoms with Gasteiger partial charge in [0.1, 0.15) is 4.90 Å². The summed E-state index contributed by atoms with van der Waals surface area (Å²) >= 11 is 1.81. The van der Waals surface area contributed by atoms with Gasteiger partial charge >= 0.3 is 0 Å². The number of unbranched alkanes of at least 4 members (excludes halogenated alkanes) is 2. The zero-order valence-electron chi connectivity index (χ0n) is 13.1. The molecule has 8 heteroatoms. The number of hydrogen-bond acceptors (Lipinski definition) is 5. The predicted molar refractivity (Wildman–Crippen MR) is 88.2 cm³/mol. The van der Waals surface area contributed by atoms with Crippen LogP contribution in [0.25, 0.3) is 0 Å². The van der Waals surface area contributed by atoms with Gasteiger partial charge in [0.05, 0.1) is 17.9 Å². The number of nitrogens with zero attached hydrogens (tertiary/aromatic N) is 2. The second kappa shape index (κ2) is 8.77. The molecule has 0 spiro atoms. The second-order valence-corrected chi connectivity index (χ2v) is 7.65. The molecule has 0 saturated heterocycles. The largest absolute Gasteiger partial charge is 0.329 e. The zero-order chi connectivity index (χ0) is 15.9. The fourth-order valence-electron chi connectivity index (χ4n) is 2.24. The number of nitrogens with two attached hydrogens (primary N) is 1. The number of thioether (sulfide) groups is 1. The van der Waals surface area contributed by atoms with Gasteiger partial charge in [-0.25, -0.2) is 13.1 Å². The Morgan fingerprint density at radius 2 is 2.00 bits per heavy atom. The van der Waals surface area contributed by atoms with E-state index in [2.05, 4.69) is 16.1 Å². The molecule has 6 nitrogen and oxygen atoms in total. The Morgan fingerprint density at radius 3 is 2.62 bits per heavy atom. The van der Waals surface area contributed by atoms with Crippen molar-refractivity contribution < 1.29 is 8.42 Å². The lowest BCUT2D eigenvalue weighted by Gasteiger charge is -2.07. The van der Waals surface area contributed by atoms with Crippen LogP contribution in [0.5, 0.6) is 0 Å². The van der Waals surface area contributed by atoms with Gasteiger partial charge in [-0.15, -0.1) is 0 Å². The lowest BCUT2D eigenvalue weighted by molar-refractivity contribution is 0.573. The first-order chi connectivity index (χ1) is 9.94. The lowest BCUT2D eigenvalue weighted by atomic mass is 10.2. The van der Waals surface area contributed by atoms with Crippen molar-refractivity contribution in [1.82, 2.24) is 14.5 Å². The molecule has 0 radical (unpaired) electrons. The van der Waals surface area contributed by atoms with Gasteiger partial charge in [-0.3, -0.25) is 4.68 Å². The number of nitrogens with one attached hydrogen (secondary N) is 1. The molecule has 1 heterocycles. The van der Waals surface area contributed by atoms with Crippen LogP contribution in [0, 0.1) is 13.8 Å². The highest BCUT2D eigenvalue weighted by Crippen LogP contribution is 2.19. The van der Waals surface area contributed by atoms with Crippen molar-refractivity contribution in [2.24, 2.45) is 5.73 Å². The van der Waals surface area contributed by atoms with Crippen LogP contribution in [0.2, 0.25) is 0 Å². The van der Waals surface area contributed by atoms with E-state index in [4.69, 9.17) is 5.73 Å². The van der Waals surface area contributed by atoms with Gasteiger partial charge in [-0.2, -0.15) is 16.9 Å². The molecular weight excluding hydrogens is 308 g/mol. The standard InChI is InChI=1S/C13H26N4O2S2/c1-11-13(12(2)17(16-11)9-7-14)21(18,19)15-8-5-4-6-10-20-3/h15H,4-10,14H2,1-3H3. The molecule has 0 aromatic carbocycles. The highest BCUT2D eigenvalue weighted by Gasteiger charge is 2.23. The zero-order valence-corrected chi connectivity index (χ0v) is 14.7. The van der Waals surface area contributed by atoms with Crippen molar-refractivity contribution in [2.45, 2.75) is 44.6 Å². The normalized spacial score (nSPS) is 12.0. The third-order valence-electron chi connectivity index (χ3n) is 3.24. The third-order valence-corrected chi connectivity index (χ3v) is 5.65. The molecule has 0 aliphatic heterocycles. The van der Waals surface area contributed by atoms with Crippen molar-refractivity contribution in [3.8, 4) is 0 Å². The van der Waals surface area contributed by atoms with Crippen LogP contribution in [0.15, 0.2) is 4.90 Å². The van der Waals surface area contributed by atoms with Gasteiger partial charge in [0.2, 0.25) is 10.0 Å². The molecule has 0 fully saturated rings. The highest BCUT2D eigenvalue weighted by atomic mass is 32.2. The van der Waals surface area contributed by atoms with E-state index in [0.717, 1.165) is 25.0 Å². The molecule has 0 aliphatic rings. The lowest BCUT2D eigenvalue weighted by Crippen LogP contribution is -2.26. The van der Waals surface area contributed by atoms with Crippen LogP contribution in [-0.4, -0.2) is 43.3 Å². The van der Waals surface area contributed by atoms with Gasteiger partial charge < -0.3 is 5.73 Å². The SMILES string of the molecule is CSCCCCCNS(=O)(=O)c1c(C)nn(CCN)c1C. The summed E-state index contributed by atoms with van der Waals surface area (Å²) in [6, 6.07) is 0. The Kier molecular flexibility index (Phi) is 7.72. The van der Waals surface area contributed by atoms with Gasteiger partial charge in [0.25, 0.3) is 0 Å². The molecule has 1 rings (SSSR count). The minimum Gasteiger partial charge on any atom is -0.329 e. The van der Waals surface area contributed by atoms with Crippen LogP contribution in [-0.2, 0) is 16.6 Å². The van der Waals surface area contributed by atoms with Gasteiger partial charge in [-0.05, 0) is 38.7 Å². The molecule has 122 valence electrons. The molecule has 21 heavy (non-hydrogen) atoms. The average molecular weight is 335 g/mol. The van der Waals surface area contributed by atoms with E-state index >= 15 is 0 Å². The van der Waals surface area contributed by atoms with Crippen LogP contribution < -0.4 is 10.5 Å². The predicted octanol–water partition coefficient (Wildman–Crippen LogP) is 1.27. The molecular formula is C13H26N4O2S2. The average Bonchev–Trinajstić information content (AvgIpc) is 2.69.